The quantitative estimate of drug-likeness (QED) is 0.912. The molecule has 6 nitrogen and oxygen atoms in total. The second-order valence-electron chi connectivity index (χ2n) is 6.27. The Morgan fingerprint density at radius 2 is 1.84 bits per heavy atom. The Morgan fingerprint density at radius 3 is 2.48 bits per heavy atom. The van der Waals surface area contributed by atoms with Crippen LogP contribution in [0.3, 0.4) is 0 Å². The molecule has 1 amide bonds. The van der Waals surface area contributed by atoms with Crippen LogP contribution in [0.2, 0.25) is 5.02 Å². The van der Waals surface area contributed by atoms with Gasteiger partial charge in [0.1, 0.15) is 5.82 Å². The van der Waals surface area contributed by atoms with E-state index in [1.807, 2.05) is 43.0 Å². The van der Waals surface area contributed by atoms with Gasteiger partial charge >= 0.3 is 0 Å². The van der Waals surface area contributed by atoms with Gasteiger partial charge in [0.25, 0.3) is 0 Å². The maximum atomic E-state index is 11.5. The SMILES string of the molecule is CC(=O)N1CCN(c2cc(C)nc(Nc3ccc(Cl)cc3C)n2)CC1. The van der Waals surface area contributed by atoms with Gasteiger partial charge in [0.05, 0.1) is 0 Å². The van der Waals surface area contributed by atoms with E-state index in [-0.39, 0.29) is 5.91 Å². The lowest BCUT2D eigenvalue weighted by Crippen LogP contribution is -2.48. The first-order chi connectivity index (χ1) is 11.9. The highest BCUT2D eigenvalue weighted by Gasteiger charge is 2.20. The van der Waals surface area contributed by atoms with Crippen molar-refractivity contribution in [2.75, 3.05) is 36.4 Å². The molecule has 25 heavy (non-hydrogen) atoms. The molecule has 0 saturated carbocycles. The third-order valence-electron chi connectivity index (χ3n) is 4.32. The van der Waals surface area contributed by atoms with Gasteiger partial charge in [-0.15, -0.1) is 0 Å². The number of piperazine rings is 1. The predicted molar refractivity (Wildman–Crippen MR) is 101 cm³/mol. The monoisotopic (exact) mass is 359 g/mol. The molecule has 2 heterocycles. The summed E-state index contributed by atoms with van der Waals surface area (Å²) in [6.07, 6.45) is 0. The van der Waals surface area contributed by atoms with Gasteiger partial charge in [-0.25, -0.2) is 4.98 Å². The van der Waals surface area contributed by atoms with Gasteiger partial charge in [-0.05, 0) is 37.6 Å². The minimum atomic E-state index is 0.124. The van der Waals surface area contributed by atoms with Crippen LogP contribution >= 0.6 is 11.6 Å². The molecule has 1 N–H and O–H groups in total. The molecule has 132 valence electrons. The van der Waals surface area contributed by atoms with E-state index in [4.69, 9.17) is 11.6 Å². The minimum Gasteiger partial charge on any atom is -0.353 e. The number of halogens is 1. The fraction of sp³-hybridized carbons (Fsp3) is 0.389. The summed E-state index contributed by atoms with van der Waals surface area (Å²) in [6, 6.07) is 7.65. The first kappa shape index (κ1) is 17.5. The van der Waals surface area contributed by atoms with Gasteiger partial charge in [-0.3, -0.25) is 4.79 Å². The van der Waals surface area contributed by atoms with E-state index >= 15 is 0 Å². The molecule has 1 saturated heterocycles. The summed E-state index contributed by atoms with van der Waals surface area (Å²) in [5, 5.41) is 3.98. The van der Waals surface area contributed by atoms with E-state index in [0.29, 0.717) is 11.0 Å². The lowest BCUT2D eigenvalue weighted by Gasteiger charge is -2.35. The van der Waals surface area contributed by atoms with E-state index in [0.717, 1.165) is 48.9 Å². The number of nitrogens with zero attached hydrogens (tertiary/aromatic N) is 4. The van der Waals surface area contributed by atoms with Crippen molar-refractivity contribution in [2.24, 2.45) is 0 Å². The van der Waals surface area contributed by atoms with Crippen LogP contribution < -0.4 is 10.2 Å². The van der Waals surface area contributed by atoms with Crippen LogP contribution in [-0.2, 0) is 4.79 Å². The molecule has 0 atom stereocenters. The van der Waals surface area contributed by atoms with Gasteiger partial charge in [0.15, 0.2) is 0 Å². The molecular weight excluding hydrogens is 338 g/mol. The zero-order chi connectivity index (χ0) is 18.0. The summed E-state index contributed by atoms with van der Waals surface area (Å²) < 4.78 is 0. The lowest BCUT2D eigenvalue weighted by molar-refractivity contribution is -0.129. The molecule has 0 bridgehead atoms. The zero-order valence-corrected chi connectivity index (χ0v) is 15.5. The number of hydrogen-bond donors (Lipinski definition) is 1. The van der Waals surface area contributed by atoms with Crippen molar-refractivity contribution in [1.29, 1.82) is 0 Å². The van der Waals surface area contributed by atoms with Crippen LogP contribution in [0, 0.1) is 13.8 Å². The molecule has 0 unspecified atom stereocenters. The predicted octanol–water partition coefficient (Wildman–Crippen LogP) is 3.16. The number of carbonyl (C=O) groups excluding carboxylic acids is 1. The van der Waals surface area contributed by atoms with Gasteiger partial charge in [0.2, 0.25) is 11.9 Å². The minimum absolute atomic E-state index is 0.124. The van der Waals surface area contributed by atoms with Crippen molar-refractivity contribution in [1.82, 2.24) is 14.9 Å². The standard InChI is InChI=1S/C18H22ClN5O/c1-12-10-15(19)4-5-16(12)21-18-20-13(2)11-17(22-18)24-8-6-23(7-9-24)14(3)25/h4-5,10-11H,6-9H2,1-3H3,(H,20,21,22). The van der Waals surface area contributed by atoms with E-state index in [2.05, 4.69) is 20.2 Å². The number of aromatic nitrogens is 2. The summed E-state index contributed by atoms with van der Waals surface area (Å²) in [5.41, 5.74) is 2.87. The normalized spacial score (nSPS) is 14.6. The number of rotatable bonds is 3. The van der Waals surface area contributed by atoms with Crippen molar-refractivity contribution in [3.63, 3.8) is 0 Å². The molecule has 1 aromatic carbocycles. The molecular formula is C18H22ClN5O. The molecule has 1 aliphatic rings. The Morgan fingerprint density at radius 1 is 1.12 bits per heavy atom. The molecule has 0 radical (unpaired) electrons. The summed E-state index contributed by atoms with van der Waals surface area (Å²) in [7, 11) is 0. The second kappa shape index (κ2) is 7.27. The molecule has 0 spiro atoms. The highest BCUT2D eigenvalue weighted by molar-refractivity contribution is 6.30. The second-order valence-corrected chi connectivity index (χ2v) is 6.70. The molecule has 1 fully saturated rings. The van der Waals surface area contributed by atoms with E-state index in [1.165, 1.54) is 0 Å². The summed E-state index contributed by atoms with van der Waals surface area (Å²) in [6.45, 7) is 8.55. The Kier molecular flexibility index (Phi) is 5.08. The third-order valence-corrected chi connectivity index (χ3v) is 4.56. The number of hydrogen-bond acceptors (Lipinski definition) is 5. The van der Waals surface area contributed by atoms with Gasteiger partial charge < -0.3 is 15.1 Å². The topological polar surface area (TPSA) is 61.4 Å². The Hall–Kier alpha value is -2.34. The van der Waals surface area contributed by atoms with Crippen LogP contribution in [-0.4, -0.2) is 47.0 Å². The smallest absolute Gasteiger partial charge is 0.229 e. The molecule has 2 aromatic rings. The zero-order valence-electron chi connectivity index (χ0n) is 14.7. The molecule has 1 aromatic heterocycles. The molecule has 7 heteroatoms. The van der Waals surface area contributed by atoms with Crippen LogP contribution in [0.15, 0.2) is 24.3 Å². The summed E-state index contributed by atoms with van der Waals surface area (Å²) in [4.78, 5) is 24.7. The maximum absolute atomic E-state index is 11.5. The average Bonchev–Trinajstić information content (AvgIpc) is 2.57. The summed E-state index contributed by atoms with van der Waals surface area (Å²) in [5.74, 6) is 1.57. The van der Waals surface area contributed by atoms with Crippen LogP contribution in [0.4, 0.5) is 17.5 Å². The fourth-order valence-electron chi connectivity index (χ4n) is 2.91. The Labute approximate surface area is 152 Å². The molecule has 0 aliphatic carbocycles. The van der Waals surface area contributed by atoms with Gasteiger partial charge in [-0.1, -0.05) is 11.6 Å². The maximum Gasteiger partial charge on any atom is 0.229 e. The van der Waals surface area contributed by atoms with Gasteiger partial charge in [-0.2, -0.15) is 4.98 Å². The van der Waals surface area contributed by atoms with Crippen molar-refractivity contribution in [2.45, 2.75) is 20.8 Å². The van der Waals surface area contributed by atoms with E-state index in [1.54, 1.807) is 6.92 Å². The molecule has 3 rings (SSSR count). The largest absolute Gasteiger partial charge is 0.353 e. The van der Waals surface area contributed by atoms with Crippen molar-refractivity contribution >= 4 is 35.0 Å². The highest BCUT2D eigenvalue weighted by Crippen LogP contribution is 2.24. The average molecular weight is 360 g/mol. The molecule has 1 aliphatic heterocycles. The number of nitrogens with one attached hydrogen (secondary N) is 1. The van der Waals surface area contributed by atoms with Crippen LogP contribution in [0.5, 0.6) is 0 Å². The fourth-order valence-corrected chi connectivity index (χ4v) is 3.13. The summed E-state index contributed by atoms with van der Waals surface area (Å²) >= 11 is 6.01. The number of amides is 1. The van der Waals surface area contributed by atoms with Gasteiger partial charge in [0, 0.05) is 55.6 Å². The first-order valence-corrected chi connectivity index (χ1v) is 8.69. The number of carbonyl (C=O) groups is 1. The van der Waals surface area contributed by atoms with Crippen molar-refractivity contribution < 1.29 is 4.79 Å². The Bertz CT molecular complexity index is 787. The van der Waals surface area contributed by atoms with Crippen LogP contribution in [0.25, 0.3) is 0 Å². The van der Waals surface area contributed by atoms with E-state index < -0.39 is 0 Å². The van der Waals surface area contributed by atoms with Crippen molar-refractivity contribution in [3.05, 3.63) is 40.5 Å². The lowest BCUT2D eigenvalue weighted by atomic mass is 10.2. The number of anilines is 3. The van der Waals surface area contributed by atoms with Crippen LogP contribution in [0.1, 0.15) is 18.2 Å². The highest BCUT2D eigenvalue weighted by atomic mass is 35.5. The van der Waals surface area contributed by atoms with E-state index in [9.17, 15) is 4.79 Å². The number of aryl methyl sites for hydroxylation is 2. The first-order valence-electron chi connectivity index (χ1n) is 8.32. The van der Waals surface area contributed by atoms with Crippen molar-refractivity contribution in [3.8, 4) is 0 Å². The number of benzene rings is 1. The third kappa shape index (κ3) is 4.20. The Balaban J connectivity index is 1.78.